The summed E-state index contributed by atoms with van der Waals surface area (Å²) in [5.41, 5.74) is 2.09. The second-order valence-electron chi connectivity index (χ2n) is 7.19. The molecular formula is C21H27N5. The van der Waals surface area contributed by atoms with Crippen molar-refractivity contribution >= 4 is 5.95 Å². The average Bonchev–Trinajstić information content (AvgIpc) is 2.68. The fourth-order valence-electron chi connectivity index (χ4n) is 3.21. The summed E-state index contributed by atoms with van der Waals surface area (Å²) in [7, 11) is 4.12. The van der Waals surface area contributed by atoms with Crippen molar-refractivity contribution in [3.63, 3.8) is 0 Å². The van der Waals surface area contributed by atoms with Gasteiger partial charge in [0, 0.05) is 42.8 Å². The van der Waals surface area contributed by atoms with E-state index in [-0.39, 0.29) is 0 Å². The molecule has 5 heteroatoms. The van der Waals surface area contributed by atoms with Gasteiger partial charge in [0.15, 0.2) is 0 Å². The Kier molecular flexibility index (Phi) is 6.56. The molecule has 1 aliphatic rings. The molecule has 0 aliphatic heterocycles. The van der Waals surface area contributed by atoms with Crippen LogP contribution in [0.2, 0.25) is 0 Å². The first-order valence-electron chi connectivity index (χ1n) is 9.30. The van der Waals surface area contributed by atoms with Crippen LogP contribution in [0, 0.1) is 23.7 Å². The van der Waals surface area contributed by atoms with Crippen LogP contribution in [0.5, 0.6) is 0 Å². The summed E-state index contributed by atoms with van der Waals surface area (Å²) in [6.45, 7) is 1.79. The zero-order valence-corrected chi connectivity index (χ0v) is 15.7. The summed E-state index contributed by atoms with van der Waals surface area (Å²) < 4.78 is 0. The predicted molar refractivity (Wildman–Crippen MR) is 106 cm³/mol. The molecule has 3 rings (SSSR count). The first kappa shape index (κ1) is 18.3. The van der Waals surface area contributed by atoms with Crippen molar-refractivity contribution in [2.24, 2.45) is 11.8 Å². The van der Waals surface area contributed by atoms with E-state index in [1.54, 1.807) is 12.4 Å². The van der Waals surface area contributed by atoms with E-state index in [1.807, 2.05) is 24.5 Å². The lowest BCUT2D eigenvalue weighted by Crippen LogP contribution is -2.21. The van der Waals surface area contributed by atoms with Crippen LogP contribution in [0.1, 0.15) is 25.7 Å². The van der Waals surface area contributed by atoms with Crippen molar-refractivity contribution in [3.8, 4) is 23.0 Å². The molecule has 0 amide bonds. The van der Waals surface area contributed by atoms with Crippen molar-refractivity contribution < 1.29 is 0 Å². The molecule has 26 heavy (non-hydrogen) atoms. The molecule has 0 radical (unpaired) electrons. The van der Waals surface area contributed by atoms with Gasteiger partial charge in [-0.3, -0.25) is 9.88 Å². The van der Waals surface area contributed by atoms with Gasteiger partial charge in [-0.05, 0) is 63.4 Å². The van der Waals surface area contributed by atoms with Crippen LogP contribution in [0.4, 0.5) is 5.95 Å². The van der Waals surface area contributed by atoms with Crippen molar-refractivity contribution in [1.29, 1.82) is 0 Å². The topological polar surface area (TPSA) is 53.9 Å². The van der Waals surface area contributed by atoms with Gasteiger partial charge in [0.05, 0.1) is 6.54 Å². The number of rotatable bonds is 5. The Morgan fingerprint density at radius 3 is 2.38 bits per heavy atom. The summed E-state index contributed by atoms with van der Waals surface area (Å²) in [5, 5.41) is 3.39. The summed E-state index contributed by atoms with van der Waals surface area (Å²) in [5.74, 6) is 8.67. The van der Waals surface area contributed by atoms with E-state index in [1.165, 1.54) is 25.7 Å². The van der Waals surface area contributed by atoms with Gasteiger partial charge in [-0.2, -0.15) is 0 Å². The lowest BCUT2D eigenvalue weighted by molar-refractivity contribution is 0.328. The molecule has 2 heterocycles. The van der Waals surface area contributed by atoms with Crippen LogP contribution in [-0.4, -0.2) is 47.0 Å². The van der Waals surface area contributed by atoms with Crippen LogP contribution in [0.3, 0.4) is 0 Å². The third-order valence-electron chi connectivity index (χ3n) is 4.76. The van der Waals surface area contributed by atoms with E-state index < -0.39 is 0 Å². The lowest BCUT2D eigenvalue weighted by Gasteiger charge is -2.25. The Bertz CT molecular complexity index is 722. The van der Waals surface area contributed by atoms with Crippen molar-refractivity contribution in [2.75, 3.05) is 32.5 Å². The number of nitrogens with one attached hydrogen (secondary N) is 1. The number of hydrogen-bond acceptors (Lipinski definition) is 5. The summed E-state index contributed by atoms with van der Waals surface area (Å²) in [6.07, 6.45) is 12.1. The minimum atomic E-state index is 0.571. The fourth-order valence-corrected chi connectivity index (χ4v) is 3.21. The zero-order valence-electron chi connectivity index (χ0n) is 15.7. The molecule has 0 bridgehead atoms. The first-order valence-corrected chi connectivity index (χ1v) is 9.30. The van der Waals surface area contributed by atoms with Gasteiger partial charge in [-0.25, -0.2) is 9.97 Å². The van der Waals surface area contributed by atoms with Gasteiger partial charge in [0.25, 0.3) is 0 Å². The quantitative estimate of drug-likeness (QED) is 0.839. The van der Waals surface area contributed by atoms with E-state index in [9.17, 15) is 0 Å². The van der Waals surface area contributed by atoms with Crippen LogP contribution < -0.4 is 5.32 Å². The summed E-state index contributed by atoms with van der Waals surface area (Å²) in [4.78, 5) is 15.0. The van der Waals surface area contributed by atoms with Gasteiger partial charge in [0.2, 0.25) is 5.95 Å². The molecule has 0 saturated heterocycles. The van der Waals surface area contributed by atoms with Gasteiger partial charge >= 0.3 is 0 Å². The lowest BCUT2D eigenvalue weighted by atomic mass is 9.82. The average molecular weight is 349 g/mol. The Hall–Kier alpha value is -2.45. The normalized spacial score (nSPS) is 19.7. The number of hydrogen-bond donors (Lipinski definition) is 1. The molecule has 1 aliphatic carbocycles. The Labute approximate surface area is 156 Å². The molecule has 0 spiro atoms. The van der Waals surface area contributed by atoms with Crippen molar-refractivity contribution in [3.05, 3.63) is 36.9 Å². The second-order valence-corrected chi connectivity index (χ2v) is 7.19. The number of pyridine rings is 1. The van der Waals surface area contributed by atoms with E-state index in [2.05, 4.69) is 51.1 Å². The fraction of sp³-hybridized carbons (Fsp3) is 0.476. The molecule has 0 atom stereocenters. The highest BCUT2D eigenvalue weighted by Gasteiger charge is 2.19. The van der Waals surface area contributed by atoms with Gasteiger partial charge < -0.3 is 5.32 Å². The Morgan fingerprint density at radius 2 is 1.73 bits per heavy atom. The number of nitrogens with zero attached hydrogens (tertiary/aromatic N) is 4. The van der Waals surface area contributed by atoms with E-state index in [0.717, 1.165) is 24.2 Å². The molecule has 0 aromatic carbocycles. The third kappa shape index (κ3) is 5.53. The SMILES string of the molecule is CN(C)CC#CC1CCC(CNc2ncc(-c3ccncc3)cn2)CC1. The molecule has 1 fully saturated rings. The molecule has 2 aromatic heterocycles. The van der Waals surface area contributed by atoms with Crippen LogP contribution in [0.25, 0.3) is 11.1 Å². The van der Waals surface area contributed by atoms with E-state index in [0.29, 0.717) is 17.8 Å². The molecule has 1 saturated carbocycles. The predicted octanol–water partition coefficient (Wildman–Crippen LogP) is 3.32. The molecule has 5 nitrogen and oxygen atoms in total. The maximum Gasteiger partial charge on any atom is 0.222 e. The molecule has 136 valence electrons. The zero-order chi connectivity index (χ0) is 18.2. The monoisotopic (exact) mass is 349 g/mol. The van der Waals surface area contributed by atoms with E-state index >= 15 is 0 Å². The Morgan fingerprint density at radius 1 is 1.04 bits per heavy atom. The maximum absolute atomic E-state index is 4.44. The van der Waals surface area contributed by atoms with Gasteiger partial charge in [-0.1, -0.05) is 11.8 Å². The van der Waals surface area contributed by atoms with Crippen LogP contribution in [-0.2, 0) is 0 Å². The highest BCUT2D eigenvalue weighted by Crippen LogP contribution is 2.28. The van der Waals surface area contributed by atoms with Gasteiger partial charge in [-0.15, -0.1) is 0 Å². The standard InChI is InChI=1S/C21H27N5/c1-26(2)13-3-4-17-5-7-18(8-6-17)14-23-21-24-15-20(16-25-21)19-9-11-22-12-10-19/h9-12,15-18H,5-8,13-14H2,1-2H3,(H,23,24,25). The smallest absolute Gasteiger partial charge is 0.222 e. The minimum absolute atomic E-state index is 0.571. The number of aromatic nitrogens is 3. The van der Waals surface area contributed by atoms with E-state index in [4.69, 9.17) is 0 Å². The highest BCUT2D eigenvalue weighted by molar-refractivity contribution is 5.61. The molecule has 2 aromatic rings. The third-order valence-corrected chi connectivity index (χ3v) is 4.76. The van der Waals surface area contributed by atoms with Crippen molar-refractivity contribution in [2.45, 2.75) is 25.7 Å². The van der Waals surface area contributed by atoms with Crippen LogP contribution >= 0.6 is 0 Å². The molecular weight excluding hydrogens is 322 g/mol. The maximum atomic E-state index is 4.44. The highest BCUT2D eigenvalue weighted by atomic mass is 15.1. The molecule has 0 unspecified atom stereocenters. The Balaban J connectivity index is 1.43. The second kappa shape index (κ2) is 9.30. The molecule has 1 N–H and O–H groups in total. The summed E-state index contributed by atoms with van der Waals surface area (Å²) >= 11 is 0. The van der Waals surface area contributed by atoms with Crippen molar-refractivity contribution in [1.82, 2.24) is 19.9 Å². The van der Waals surface area contributed by atoms with Crippen LogP contribution in [0.15, 0.2) is 36.9 Å². The first-order chi connectivity index (χ1) is 12.7. The van der Waals surface area contributed by atoms with Gasteiger partial charge in [0.1, 0.15) is 0 Å². The largest absolute Gasteiger partial charge is 0.354 e. The minimum Gasteiger partial charge on any atom is -0.354 e. The number of anilines is 1. The summed E-state index contributed by atoms with van der Waals surface area (Å²) in [6, 6.07) is 3.93.